The molecule has 0 fully saturated rings. The van der Waals surface area contributed by atoms with Gasteiger partial charge in [0.15, 0.2) is 15.1 Å². The van der Waals surface area contributed by atoms with Gasteiger partial charge in [-0.15, -0.1) is 11.3 Å². The first-order chi connectivity index (χ1) is 8.84. The van der Waals surface area contributed by atoms with Crippen LogP contribution in [0, 0.1) is 0 Å². The third kappa shape index (κ3) is 2.77. The Morgan fingerprint density at radius 1 is 1.37 bits per heavy atom. The molecule has 0 saturated heterocycles. The summed E-state index contributed by atoms with van der Waals surface area (Å²) in [6.45, 7) is 1.03. The third-order valence-corrected chi connectivity index (χ3v) is 5.71. The summed E-state index contributed by atoms with van der Waals surface area (Å²) in [6.07, 6.45) is 1.66. The van der Waals surface area contributed by atoms with Gasteiger partial charge in [-0.05, 0) is 14.1 Å². The van der Waals surface area contributed by atoms with Crippen molar-refractivity contribution in [3.63, 3.8) is 0 Å². The maximum atomic E-state index is 12.5. The Balaban J connectivity index is 2.38. The van der Waals surface area contributed by atoms with E-state index in [1.165, 1.54) is 20.0 Å². The largest absolute Gasteiger partial charge is 0.308 e. The van der Waals surface area contributed by atoms with Crippen LogP contribution in [0.3, 0.4) is 0 Å². The average molecular weight is 323 g/mol. The van der Waals surface area contributed by atoms with E-state index in [9.17, 15) is 8.42 Å². The lowest BCUT2D eigenvalue weighted by molar-refractivity contribution is 0.358. The number of sulfonamides is 1. The zero-order valence-electron chi connectivity index (χ0n) is 10.9. The molecule has 2 heterocycles. The number of hydrogen-bond donors (Lipinski definition) is 0. The third-order valence-electron chi connectivity index (χ3n) is 2.70. The highest BCUT2D eigenvalue weighted by Gasteiger charge is 2.28. The summed E-state index contributed by atoms with van der Waals surface area (Å²) in [5.41, 5.74) is 0. The predicted octanol–water partition coefficient (Wildman–Crippen LogP) is 1.23. The van der Waals surface area contributed by atoms with Gasteiger partial charge in [-0.25, -0.2) is 13.4 Å². The highest BCUT2D eigenvalue weighted by molar-refractivity contribution is 7.89. The molecule has 2 aromatic rings. The van der Waals surface area contributed by atoms with E-state index in [2.05, 4.69) is 4.98 Å². The minimum atomic E-state index is -3.64. The van der Waals surface area contributed by atoms with Gasteiger partial charge in [-0.2, -0.15) is 4.31 Å². The molecule has 9 heteroatoms. The number of hydrogen-bond acceptors (Lipinski definition) is 5. The molecule has 0 saturated carbocycles. The van der Waals surface area contributed by atoms with Crippen LogP contribution in [0.5, 0.6) is 0 Å². The quantitative estimate of drug-likeness (QED) is 0.831. The van der Waals surface area contributed by atoms with Gasteiger partial charge in [0.1, 0.15) is 0 Å². The molecule has 19 heavy (non-hydrogen) atoms. The van der Waals surface area contributed by atoms with Crippen LogP contribution in [0.25, 0.3) is 4.96 Å². The van der Waals surface area contributed by atoms with Gasteiger partial charge in [0.2, 0.25) is 0 Å². The topological polar surface area (TPSA) is 57.9 Å². The van der Waals surface area contributed by atoms with Gasteiger partial charge in [-0.1, -0.05) is 11.6 Å². The van der Waals surface area contributed by atoms with E-state index < -0.39 is 10.0 Å². The van der Waals surface area contributed by atoms with Crippen LogP contribution in [0.1, 0.15) is 0 Å². The molecule has 0 aliphatic carbocycles. The zero-order chi connectivity index (χ0) is 14.2. The summed E-state index contributed by atoms with van der Waals surface area (Å²) in [5, 5.41) is 1.83. The molecule has 106 valence electrons. The fraction of sp³-hybridized carbons (Fsp3) is 0.500. The first-order valence-corrected chi connectivity index (χ1v) is 8.26. The molecule has 0 radical (unpaired) electrons. The first kappa shape index (κ1) is 14.7. The van der Waals surface area contributed by atoms with Crippen molar-refractivity contribution in [3.8, 4) is 0 Å². The molecular weight excluding hydrogens is 308 g/mol. The fourth-order valence-electron chi connectivity index (χ4n) is 1.58. The molecule has 2 aromatic heterocycles. The highest BCUT2D eigenvalue weighted by atomic mass is 35.5. The molecule has 0 aliphatic rings. The van der Waals surface area contributed by atoms with E-state index in [1.807, 2.05) is 19.0 Å². The average Bonchev–Trinajstić information content (AvgIpc) is 2.84. The van der Waals surface area contributed by atoms with E-state index in [0.29, 0.717) is 18.1 Å². The van der Waals surface area contributed by atoms with E-state index in [4.69, 9.17) is 11.6 Å². The van der Waals surface area contributed by atoms with Crippen LogP contribution >= 0.6 is 22.9 Å². The van der Waals surface area contributed by atoms with Gasteiger partial charge in [0, 0.05) is 31.7 Å². The van der Waals surface area contributed by atoms with Crippen molar-refractivity contribution in [1.29, 1.82) is 0 Å². The van der Waals surface area contributed by atoms with Crippen molar-refractivity contribution in [3.05, 3.63) is 16.7 Å². The summed E-state index contributed by atoms with van der Waals surface area (Å²) in [7, 11) is 1.69. The number of aromatic nitrogens is 2. The maximum absolute atomic E-state index is 12.5. The molecule has 0 spiro atoms. The summed E-state index contributed by atoms with van der Waals surface area (Å²) in [5.74, 6) is 0. The maximum Gasteiger partial charge on any atom is 0.262 e. The Labute approximate surface area is 121 Å². The van der Waals surface area contributed by atoms with Crippen molar-refractivity contribution >= 4 is 37.9 Å². The Morgan fingerprint density at radius 2 is 2.05 bits per heavy atom. The summed E-state index contributed by atoms with van der Waals surface area (Å²) >= 11 is 7.30. The van der Waals surface area contributed by atoms with E-state index in [0.717, 1.165) is 0 Å². The molecule has 0 aromatic carbocycles. The fourth-order valence-corrected chi connectivity index (χ4v) is 4.14. The second-order valence-corrected chi connectivity index (χ2v) is 7.58. The number of thiazole rings is 1. The van der Waals surface area contributed by atoms with Gasteiger partial charge in [0.25, 0.3) is 10.0 Å². The molecule has 0 atom stereocenters. The highest BCUT2D eigenvalue weighted by Crippen LogP contribution is 2.27. The smallest absolute Gasteiger partial charge is 0.262 e. The standard InChI is InChI=1S/C10H15ClN4O2S2/c1-13(2)4-5-14(3)19(16,17)9-8(11)12-10-15(9)6-7-18-10/h6-7H,4-5H2,1-3H3. The lowest BCUT2D eigenvalue weighted by Crippen LogP contribution is -2.34. The monoisotopic (exact) mass is 322 g/mol. The molecule has 0 bridgehead atoms. The lowest BCUT2D eigenvalue weighted by Gasteiger charge is -2.19. The number of nitrogens with zero attached hydrogens (tertiary/aromatic N) is 4. The number of halogens is 1. The second-order valence-electron chi connectivity index (χ2n) is 4.39. The number of imidazole rings is 1. The van der Waals surface area contributed by atoms with E-state index in [-0.39, 0.29) is 10.2 Å². The van der Waals surface area contributed by atoms with Crippen LogP contribution in [-0.4, -0.2) is 61.2 Å². The molecule has 0 aliphatic heterocycles. The number of rotatable bonds is 5. The van der Waals surface area contributed by atoms with Crippen molar-refractivity contribution in [2.75, 3.05) is 34.2 Å². The van der Waals surface area contributed by atoms with E-state index in [1.54, 1.807) is 18.6 Å². The van der Waals surface area contributed by atoms with Crippen molar-refractivity contribution in [2.24, 2.45) is 0 Å². The molecule has 0 N–H and O–H groups in total. The van der Waals surface area contributed by atoms with Gasteiger partial charge >= 0.3 is 0 Å². The number of likely N-dealkylation sites (N-methyl/N-ethyl adjacent to an activating group) is 2. The molecule has 0 amide bonds. The van der Waals surface area contributed by atoms with Crippen LogP contribution in [-0.2, 0) is 10.0 Å². The van der Waals surface area contributed by atoms with Crippen LogP contribution < -0.4 is 0 Å². The molecular formula is C10H15ClN4O2S2. The van der Waals surface area contributed by atoms with Gasteiger partial charge < -0.3 is 4.90 Å². The van der Waals surface area contributed by atoms with Gasteiger partial charge in [-0.3, -0.25) is 4.40 Å². The first-order valence-electron chi connectivity index (χ1n) is 5.56. The lowest BCUT2D eigenvalue weighted by atomic mass is 10.6. The minimum Gasteiger partial charge on any atom is -0.308 e. The van der Waals surface area contributed by atoms with Crippen molar-refractivity contribution in [1.82, 2.24) is 18.6 Å². The van der Waals surface area contributed by atoms with Crippen molar-refractivity contribution in [2.45, 2.75) is 5.03 Å². The normalized spacial score (nSPS) is 12.9. The predicted molar refractivity (Wildman–Crippen MR) is 76.4 cm³/mol. The summed E-state index contributed by atoms with van der Waals surface area (Å²) < 4.78 is 27.8. The number of fused-ring (bicyclic) bond motifs is 1. The van der Waals surface area contributed by atoms with E-state index >= 15 is 0 Å². The molecule has 2 rings (SSSR count). The van der Waals surface area contributed by atoms with Crippen LogP contribution in [0.15, 0.2) is 16.6 Å². The molecule has 0 unspecified atom stereocenters. The van der Waals surface area contributed by atoms with Crippen LogP contribution in [0.2, 0.25) is 5.15 Å². The summed E-state index contributed by atoms with van der Waals surface area (Å²) in [4.78, 5) is 6.54. The Morgan fingerprint density at radius 3 is 2.68 bits per heavy atom. The Bertz CT molecular complexity index is 677. The van der Waals surface area contributed by atoms with Crippen LogP contribution in [0.4, 0.5) is 0 Å². The summed E-state index contributed by atoms with van der Waals surface area (Å²) in [6, 6.07) is 0. The SMILES string of the molecule is CN(C)CCN(C)S(=O)(=O)c1c(Cl)nc2sccn12. The Kier molecular flexibility index (Phi) is 4.17. The van der Waals surface area contributed by atoms with Gasteiger partial charge in [0.05, 0.1) is 0 Å². The minimum absolute atomic E-state index is 0.0172. The van der Waals surface area contributed by atoms with Crippen molar-refractivity contribution < 1.29 is 8.42 Å². The second kappa shape index (κ2) is 5.37. The zero-order valence-corrected chi connectivity index (χ0v) is 13.3. The Hall–Kier alpha value is -0.670. The molecule has 6 nitrogen and oxygen atoms in total.